The van der Waals surface area contributed by atoms with Crippen LogP contribution in [0, 0.1) is 6.92 Å². The van der Waals surface area contributed by atoms with Crippen molar-refractivity contribution in [1.82, 2.24) is 5.43 Å². The Labute approximate surface area is 115 Å². The zero-order valence-corrected chi connectivity index (χ0v) is 11.1. The Morgan fingerprint density at radius 3 is 2.60 bits per heavy atom. The molecule has 7 heteroatoms. The molecule has 114 valence electrons. The van der Waals surface area contributed by atoms with Gasteiger partial charge in [0.25, 0.3) is 0 Å². The molecule has 0 saturated heterocycles. The molecule has 3 N–H and O–H groups in total. The number of hydrazine groups is 1. The summed E-state index contributed by atoms with van der Waals surface area (Å²) in [5.74, 6) is 1.17. The molecular formula is C13H18F4N2O. The molecule has 0 saturated carbocycles. The molecule has 1 unspecified atom stereocenters. The van der Waals surface area contributed by atoms with Gasteiger partial charge in [-0.05, 0) is 18.9 Å². The highest BCUT2D eigenvalue weighted by atomic mass is 19.3. The zero-order valence-electron chi connectivity index (χ0n) is 11.1. The van der Waals surface area contributed by atoms with E-state index in [2.05, 4.69) is 10.2 Å². The summed E-state index contributed by atoms with van der Waals surface area (Å²) >= 11 is 0. The van der Waals surface area contributed by atoms with Gasteiger partial charge in [0.2, 0.25) is 0 Å². The SMILES string of the molecule is Cc1cccc(CC(COCC(F)(F)C(F)F)NN)c1. The molecule has 0 amide bonds. The maximum Gasteiger partial charge on any atom is 0.330 e. The molecule has 0 fully saturated rings. The van der Waals surface area contributed by atoms with Crippen LogP contribution < -0.4 is 11.3 Å². The minimum Gasteiger partial charge on any atom is -0.373 e. The lowest BCUT2D eigenvalue weighted by Crippen LogP contribution is -2.42. The molecule has 3 nitrogen and oxygen atoms in total. The summed E-state index contributed by atoms with van der Waals surface area (Å²) in [6.45, 7) is 0.428. The number of aryl methyl sites for hydroxylation is 1. The first-order valence-electron chi connectivity index (χ1n) is 6.10. The molecule has 0 radical (unpaired) electrons. The van der Waals surface area contributed by atoms with Crippen LogP contribution in [0.1, 0.15) is 11.1 Å². The molecule has 0 aliphatic heterocycles. The fraction of sp³-hybridized carbons (Fsp3) is 0.538. The Bertz CT molecular complexity index is 415. The number of nitrogens with two attached hydrogens (primary N) is 1. The van der Waals surface area contributed by atoms with Crippen molar-refractivity contribution in [3.8, 4) is 0 Å². The Morgan fingerprint density at radius 1 is 1.35 bits per heavy atom. The first-order valence-corrected chi connectivity index (χ1v) is 6.10. The molecule has 0 heterocycles. The molecular weight excluding hydrogens is 276 g/mol. The van der Waals surface area contributed by atoms with Gasteiger partial charge in [0.15, 0.2) is 0 Å². The normalized spacial score (nSPS) is 13.8. The van der Waals surface area contributed by atoms with E-state index in [1.807, 2.05) is 31.2 Å². The standard InChI is InChI=1S/C13H18F4N2O/c1-9-3-2-4-10(5-9)6-11(19-18)7-20-8-13(16,17)12(14)15/h2-5,11-12,19H,6-8,18H2,1H3. The van der Waals surface area contributed by atoms with Crippen LogP contribution >= 0.6 is 0 Å². The Hall–Kier alpha value is -1.18. The van der Waals surface area contributed by atoms with Crippen LogP contribution in [-0.2, 0) is 11.2 Å². The minimum absolute atomic E-state index is 0.174. The fourth-order valence-corrected chi connectivity index (χ4v) is 1.69. The van der Waals surface area contributed by atoms with Crippen LogP contribution in [0.4, 0.5) is 17.6 Å². The highest BCUT2D eigenvalue weighted by Gasteiger charge is 2.41. The smallest absolute Gasteiger partial charge is 0.330 e. The van der Waals surface area contributed by atoms with E-state index in [4.69, 9.17) is 5.84 Å². The highest BCUT2D eigenvalue weighted by molar-refractivity contribution is 5.22. The van der Waals surface area contributed by atoms with Gasteiger partial charge in [-0.15, -0.1) is 0 Å². The molecule has 1 aromatic carbocycles. The van der Waals surface area contributed by atoms with Crippen LogP contribution in [0.5, 0.6) is 0 Å². The predicted octanol–water partition coefficient (Wildman–Crippen LogP) is 2.29. The Balaban J connectivity index is 2.44. The molecule has 0 aliphatic rings. The van der Waals surface area contributed by atoms with E-state index in [1.165, 1.54) is 0 Å². The van der Waals surface area contributed by atoms with Crippen LogP contribution in [0.25, 0.3) is 0 Å². The number of alkyl halides is 4. The third-order valence-corrected chi connectivity index (χ3v) is 2.73. The molecule has 0 aliphatic carbocycles. The highest BCUT2D eigenvalue weighted by Crippen LogP contribution is 2.22. The summed E-state index contributed by atoms with van der Waals surface area (Å²) in [4.78, 5) is 0. The summed E-state index contributed by atoms with van der Waals surface area (Å²) < 4.78 is 53.8. The van der Waals surface area contributed by atoms with Gasteiger partial charge in [0.05, 0.1) is 6.61 Å². The lowest BCUT2D eigenvalue weighted by atomic mass is 10.0. The molecule has 20 heavy (non-hydrogen) atoms. The van der Waals surface area contributed by atoms with E-state index in [1.54, 1.807) is 0 Å². The summed E-state index contributed by atoms with van der Waals surface area (Å²) in [5, 5.41) is 0. The first-order chi connectivity index (χ1) is 9.35. The predicted molar refractivity (Wildman–Crippen MR) is 67.8 cm³/mol. The minimum atomic E-state index is -4.14. The van der Waals surface area contributed by atoms with Gasteiger partial charge < -0.3 is 4.74 Å². The molecule has 0 spiro atoms. The van der Waals surface area contributed by atoms with Crippen LogP contribution in [0.15, 0.2) is 24.3 Å². The quantitative estimate of drug-likeness (QED) is 0.439. The third kappa shape index (κ3) is 5.44. The molecule has 1 aromatic rings. The molecule has 1 atom stereocenters. The van der Waals surface area contributed by atoms with Crippen molar-refractivity contribution in [2.24, 2.45) is 5.84 Å². The van der Waals surface area contributed by atoms with Crippen molar-refractivity contribution in [3.63, 3.8) is 0 Å². The average molecular weight is 294 g/mol. The van der Waals surface area contributed by atoms with Crippen molar-refractivity contribution < 1.29 is 22.3 Å². The Kier molecular flexibility index (Phi) is 6.38. The van der Waals surface area contributed by atoms with Gasteiger partial charge in [-0.3, -0.25) is 11.3 Å². The number of ether oxygens (including phenoxy) is 1. The van der Waals surface area contributed by atoms with Crippen molar-refractivity contribution in [2.45, 2.75) is 31.7 Å². The van der Waals surface area contributed by atoms with Gasteiger partial charge in [0, 0.05) is 6.04 Å². The van der Waals surface area contributed by atoms with E-state index in [0.717, 1.165) is 11.1 Å². The van der Waals surface area contributed by atoms with Gasteiger partial charge in [0.1, 0.15) is 6.61 Å². The van der Waals surface area contributed by atoms with Crippen molar-refractivity contribution in [2.75, 3.05) is 13.2 Å². The molecule has 1 rings (SSSR count). The summed E-state index contributed by atoms with van der Waals surface area (Å²) in [6, 6.07) is 7.16. The third-order valence-electron chi connectivity index (χ3n) is 2.73. The van der Waals surface area contributed by atoms with E-state index >= 15 is 0 Å². The van der Waals surface area contributed by atoms with Crippen molar-refractivity contribution >= 4 is 0 Å². The van der Waals surface area contributed by atoms with E-state index < -0.39 is 25.0 Å². The number of hydrogen-bond acceptors (Lipinski definition) is 3. The van der Waals surface area contributed by atoms with E-state index in [9.17, 15) is 17.6 Å². The van der Waals surface area contributed by atoms with E-state index in [0.29, 0.717) is 6.42 Å². The van der Waals surface area contributed by atoms with Crippen molar-refractivity contribution in [1.29, 1.82) is 0 Å². The van der Waals surface area contributed by atoms with E-state index in [-0.39, 0.29) is 6.61 Å². The number of benzene rings is 1. The van der Waals surface area contributed by atoms with Gasteiger partial charge in [-0.1, -0.05) is 29.8 Å². The average Bonchev–Trinajstić information content (AvgIpc) is 2.37. The van der Waals surface area contributed by atoms with Gasteiger partial charge in [-0.2, -0.15) is 8.78 Å². The number of nitrogens with one attached hydrogen (secondary N) is 1. The monoisotopic (exact) mass is 294 g/mol. The second-order valence-corrected chi connectivity index (χ2v) is 4.63. The maximum absolute atomic E-state index is 12.7. The summed E-state index contributed by atoms with van der Waals surface area (Å²) in [6.07, 6.45) is -3.28. The second kappa shape index (κ2) is 7.56. The summed E-state index contributed by atoms with van der Waals surface area (Å²) in [7, 11) is 0. The molecule has 0 bridgehead atoms. The lowest BCUT2D eigenvalue weighted by molar-refractivity contribution is -0.167. The molecule has 0 aromatic heterocycles. The summed E-state index contributed by atoms with van der Waals surface area (Å²) in [5.41, 5.74) is 4.44. The van der Waals surface area contributed by atoms with Gasteiger partial charge >= 0.3 is 12.3 Å². The van der Waals surface area contributed by atoms with Crippen LogP contribution in [0.3, 0.4) is 0 Å². The lowest BCUT2D eigenvalue weighted by Gasteiger charge is -2.19. The topological polar surface area (TPSA) is 47.3 Å². The Morgan fingerprint density at radius 2 is 2.05 bits per heavy atom. The van der Waals surface area contributed by atoms with Crippen LogP contribution in [-0.4, -0.2) is 31.6 Å². The number of rotatable bonds is 8. The first kappa shape index (κ1) is 16.9. The number of halogens is 4. The zero-order chi connectivity index (χ0) is 15.2. The maximum atomic E-state index is 12.7. The van der Waals surface area contributed by atoms with Gasteiger partial charge in [-0.25, -0.2) is 8.78 Å². The van der Waals surface area contributed by atoms with Crippen molar-refractivity contribution in [3.05, 3.63) is 35.4 Å². The second-order valence-electron chi connectivity index (χ2n) is 4.63. The van der Waals surface area contributed by atoms with Crippen LogP contribution in [0.2, 0.25) is 0 Å². The fourth-order valence-electron chi connectivity index (χ4n) is 1.69. The number of hydrogen-bond donors (Lipinski definition) is 2. The largest absolute Gasteiger partial charge is 0.373 e.